The van der Waals surface area contributed by atoms with Gasteiger partial charge >= 0.3 is 0 Å². The third-order valence-corrected chi connectivity index (χ3v) is 2.60. The largest absolute Gasteiger partial charge is 0.381 e. The normalized spacial score (nSPS) is 17.7. The fourth-order valence-electron chi connectivity index (χ4n) is 1.72. The molecule has 1 saturated heterocycles. The molecule has 0 atom stereocenters. The molecule has 1 aliphatic rings. The number of nitrogens with zero attached hydrogens (tertiary/aromatic N) is 1. The topological polar surface area (TPSA) is 39.2 Å². The van der Waals surface area contributed by atoms with Gasteiger partial charge in [0, 0.05) is 30.9 Å². The maximum Gasteiger partial charge on any atom is 0.212 e. The Morgan fingerprint density at radius 3 is 2.73 bits per heavy atom. The molecule has 1 aromatic heterocycles. The molecule has 4 heteroatoms. The Morgan fingerprint density at radius 2 is 2.13 bits per heavy atom. The standard InChI is InChI=1S/C11H12FNO2/c12-10-2-1-9(7-13-10)11(14)8-3-5-15-6-4-8/h1-2,7-8H,3-6H2. The first kappa shape index (κ1) is 10.2. The van der Waals surface area contributed by atoms with Crippen molar-refractivity contribution in [2.45, 2.75) is 12.8 Å². The number of halogens is 1. The zero-order valence-electron chi connectivity index (χ0n) is 8.28. The average molecular weight is 209 g/mol. The van der Waals surface area contributed by atoms with Gasteiger partial charge in [0.15, 0.2) is 5.78 Å². The van der Waals surface area contributed by atoms with Crippen LogP contribution in [0, 0.1) is 11.9 Å². The second kappa shape index (κ2) is 4.49. The number of ether oxygens (including phenoxy) is 1. The monoisotopic (exact) mass is 209 g/mol. The quantitative estimate of drug-likeness (QED) is 0.551. The number of pyridine rings is 1. The molecule has 0 radical (unpaired) electrons. The Balaban J connectivity index is 2.09. The first-order valence-corrected chi connectivity index (χ1v) is 5.01. The van der Waals surface area contributed by atoms with Crippen molar-refractivity contribution < 1.29 is 13.9 Å². The van der Waals surface area contributed by atoms with Crippen LogP contribution in [0.2, 0.25) is 0 Å². The number of ketones is 1. The Kier molecular flexibility index (Phi) is 3.06. The van der Waals surface area contributed by atoms with Crippen LogP contribution in [0.15, 0.2) is 18.3 Å². The number of carbonyl (C=O) groups is 1. The van der Waals surface area contributed by atoms with E-state index in [-0.39, 0.29) is 11.7 Å². The van der Waals surface area contributed by atoms with Crippen LogP contribution in [0.3, 0.4) is 0 Å². The van der Waals surface area contributed by atoms with E-state index in [1.54, 1.807) is 0 Å². The van der Waals surface area contributed by atoms with Gasteiger partial charge in [0.2, 0.25) is 5.95 Å². The van der Waals surface area contributed by atoms with Crippen LogP contribution in [0.1, 0.15) is 23.2 Å². The Hall–Kier alpha value is -1.29. The van der Waals surface area contributed by atoms with Gasteiger partial charge in [-0.2, -0.15) is 4.39 Å². The molecule has 3 nitrogen and oxygen atoms in total. The van der Waals surface area contributed by atoms with E-state index in [9.17, 15) is 9.18 Å². The Bertz CT molecular complexity index is 344. The Labute approximate surface area is 87.3 Å². The molecule has 0 bridgehead atoms. The fraction of sp³-hybridized carbons (Fsp3) is 0.455. The molecule has 0 amide bonds. The number of rotatable bonds is 2. The van der Waals surface area contributed by atoms with Crippen molar-refractivity contribution in [1.29, 1.82) is 0 Å². The van der Waals surface area contributed by atoms with E-state index in [2.05, 4.69) is 4.98 Å². The Morgan fingerprint density at radius 1 is 1.40 bits per heavy atom. The van der Waals surface area contributed by atoms with Crippen LogP contribution < -0.4 is 0 Å². The number of Topliss-reactive ketones (excluding diaryl/α,β-unsaturated/α-hetero) is 1. The van der Waals surface area contributed by atoms with Gasteiger partial charge in [-0.1, -0.05) is 0 Å². The van der Waals surface area contributed by atoms with Crippen molar-refractivity contribution in [3.63, 3.8) is 0 Å². The van der Waals surface area contributed by atoms with Gasteiger partial charge in [-0.25, -0.2) is 4.98 Å². The zero-order chi connectivity index (χ0) is 10.7. The van der Waals surface area contributed by atoms with Crippen LogP contribution in [-0.4, -0.2) is 24.0 Å². The van der Waals surface area contributed by atoms with Crippen molar-refractivity contribution in [3.8, 4) is 0 Å². The molecule has 0 unspecified atom stereocenters. The number of hydrogen-bond acceptors (Lipinski definition) is 3. The second-order valence-corrected chi connectivity index (χ2v) is 3.62. The summed E-state index contributed by atoms with van der Waals surface area (Å²) in [6.07, 6.45) is 2.79. The molecular formula is C11H12FNO2. The highest BCUT2D eigenvalue weighted by Gasteiger charge is 2.22. The summed E-state index contributed by atoms with van der Waals surface area (Å²) >= 11 is 0. The number of carbonyl (C=O) groups excluding carboxylic acids is 1. The second-order valence-electron chi connectivity index (χ2n) is 3.62. The maximum atomic E-state index is 12.5. The van der Waals surface area contributed by atoms with E-state index < -0.39 is 5.95 Å². The molecule has 0 aliphatic carbocycles. The molecule has 2 rings (SSSR count). The molecule has 1 fully saturated rings. The van der Waals surface area contributed by atoms with Crippen molar-refractivity contribution in [3.05, 3.63) is 29.8 Å². The lowest BCUT2D eigenvalue weighted by atomic mass is 9.92. The summed E-state index contributed by atoms with van der Waals surface area (Å²) in [7, 11) is 0. The lowest BCUT2D eigenvalue weighted by Crippen LogP contribution is -2.23. The van der Waals surface area contributed by atoms with Crippen LogP contribution in [0.5, 0.6) is 0 Å². The predicted molar refractivity (Wildman–Crippen MR) is 52.1 cm³/mol. The first-order chi connectivity index (χ1) is 7.27. The van der Waals surface area contributed by atoms with Crippen LogP contribution >= 0.6 is 0 Å². The highest BCUT2D eigenvalue weighted by Crippen LogP contribution is 2.19. The van der Waals surface area contributed by atoms with E-state index in [1.165, 1.54) is 18.3 Å². The van der Waals surface area contributed by atoms with Crippen LogP contribution in [0.4, 0.5) is 4.39 Å². The summed E-state index contributed by atoms with van der Waals surface area (Å²) in [6.45, 7) is 1.26. The fourth-order valence-corrected chi connectivity index (χ4v) is 1.72. The molecule has 0 spiro atoms. The van der Waals surface area contributed by atoms with Gasteiger partial charge < -0.3 is 4.74 Å². The number of aromatic nitrogens is 1. The third-order valence-electron chi connectivity index (χ3n) is 2.60. The van der Waals surface area contributed by atoms with Gasteiger partial charge in [0.1, 0.15) is 0 Å². The summed E-state index contributed by atoms with van der Waals surface area (Å²) in [6, 6.07) is 2.70. The highest BCUT2D eigenvalue weighted by atomic mass is 19.1. The lowest BCUT2D eigenvalue weighted by Gasteiger charge is -2.20. The van der Waals surface area contributed by atoms with E-state index in [1.807, 2.05) is 0 Å². The first-order valence-electron chi connectivity index (χ1n) is 5.01. The molecule has 2 heterocycles. The molecule has 1 aliphatic heterocycles. The lowest BCUT2D eigenvalue weighted by molar-refractivity contribution is 0.0544. The summed E-state index contributed by atoms with van der Waals surface area (Å²) in [5.41, 5.74) is 0.489. The minimum atomic E-state index is -0.557. The van der Waals surface area contributed by atoms with Crippen LogP contribution in [0.25, 0.3) is 0 Å². The minimum absolute atomic E-state index is 0.00557. The zero-order valence-corrected chi connectivity index (χ0v) is 8.28. The van der Waals surface area contributed by atoms with Crippen LogP contribution in [-0.2, 0) is 4.74 Å². The van der Waals surface area contributed by atoms with E-state index in [4.69, 9.17) is 4.74 Å². The maximum absolute atomic E-state index is 12.5. The smallest absolute Gasteiger partial charge is 0.212 e. The summed E-state index contributed by atoms with van der Waals surface area (Å²) < 4.78 is 17.7. The van der Waals surface area contributed by atoms with E-state index in [0.29, 0.717) is 18.8 Å². The summed E-state index contributed by atoms with van der Waals surface area (Å²) in [5, 5.41) is 0. The van der Waals surface area contributed by atoms with Gasteiger partial charge in [-0.3, -0.25) is 4.79 Å². The van der Waals surface area contributed by atoms with E-state index in [0.717, 1.165) is 12.8 Å². The SMILES string of the molecule is O=C(c1ccc(F)nc1)C1CCOCC1. The van der Waals surface area contributed by atoms with Gasteiger partial charge in [-0.05, 0) is 25.0 Å². The minimum Gasteiger partial charge on any atom is -0.381 e. The van der Waals surface area contributed by atoms with Gasteiger partial charge in [0.05, 0.1) is 0 Å². The van der Waals surface area contributed by atoms with Gasteiger partial charge in [-0.15, -0.1) is 0 Å². The average Bonchev–Trinajstić information content (AvgIpc) is 2.30. The number of hydrogen-bond donors (Lipinski definition) is 0. The van der Waals surface area contributed by atoms with Crippen molar-refractivity contribution in [2.75, 3.05) is 13.2 Å². The molecule has 1 aromatic rings. The third kappa shape index (κ3) is 2.39. The van der Waals surface area contributed by atoms with Crippen molar-refractivity contribution >= 4 is 5.78 Å². The molecule has 0 saturated carbocycles. The van der Waals surface area contributed by atoms with E-state index >= 15 is 0 Å². The summed E-state index contributed by atoms with van der Waals surface area (Å²) in [5.74, 6) is -0.504. The van der Waals surface area contributed by atoms with Crippen molar-refractivity contribution in [2.24, 2.45) is 5.92 Å². The molecule has 15 heavy (non-hydrogen) atoms. The molecule has 0 aromatic carbocycles. The predicted octanol–water partition coefficient (Wildman–Crippen LogP) is 1.83. The molecule has 0 N–H and O–H groups in total. The summed E-state index contributed by atoms with van der Waals surface area (Å²) in [4.78, 5) is 15.4. The molecular weight excluding hydrogens is 197 g/mol. The van der Waals surface area contributed by atoms with Crippen molar-refractivity contribution in [1.82, 2.24) is 4.98 Å². The highest BCUT2D eigenvalue weighted by molar-refractivity contribution is 5.97. The van der Waals surface area contributed by atoms with Gasteiger partial charge in [0.25, 0.3) is 0 Å². The molecule has 80 valence electrons.